The van der Waals surface area contributed by atoms with Crippen LogP contribution in [-0.4, -0.2) is 24.0 Å². The summed E-state index contributed by atoms with van der Waals surface area (Å²) in [5, 5.41) is 0.955. The lowest BCUT2D eigenvalue weighted by Crippen LogP contribution is -2.68. The molecule has 0 aliphatic carbocycles. The number of ether oxygens (including phenoxy) is 1. The molecule has 1 amide bonds. The number of nitrogens with one attached hydrogen (secondary N) is 1. The Morgan fingerprint density at radius 2 is 1.36 bits per heavy atom. The second kappa shape index (κ2) is 8.07. The van der Waals surface area contributed by atoms with Gasteiger partial charge in [-0.2, -0.15) is 26.3 Å². The van der Waals surface area contributed by atoms with Gasteiger partial charge < -0.3 is 4.74 Å². The molecule has 10 heteroatoms. The second-order valence-corrected chi connectivity index (χ2v) is 5.89. The normalized spacial score (nSPS) is 12.5. The number of carbonyl (C=O) groups is 1. The lowest BCUT2D eigenvalue weighted by molar-refractivity contribution is -0.304. The van der Waals surface area contributed by atoms with Crippen LogP contribution in [0.4, 0.5) is 35.5 Å². The number of hydrogen-bond acceptors (Lipinski definition) is 2. The average Bonchev–Trinajstić information content (AvgIpc) is 2.59. The van der Waals surface area contributed by atoms with Gasteiger partial charge in [-0.15, -0.1) is 0 Å². The van der Waals surface area contributed by atoms with Crippen LogP contribution in [0, 0.1) is 5.82 Å². The van der Waals surface area contributed by atoms with E-state index in [2.05, 4.69) is 4.74 Å². The summed E-state index contributed by atoms with van der Waals surface area (Å²) in [6.07, 6.45) is -15.2. The fourth-order valence-electron chi connectivity index (χ4n) is 2.39. The molecule has 1 N–H and O–H groups in total. The van der Waals surface area contributed by atoms with Crippen LogP contribution in [-0.2, 0) is 17.8 Å². The molecule has 2 rings (SSSR count). The van der Waals surface area contributed by atoms with Gasteiger partial charge in [0.2, 0.25) is 5.54 Å². The minimum atomic E-state index is -5.85. The summed E-state index contributed by atoms with van der Waals surface area (Å²) >= 11 is 0. The molecule has 2 aromatic rings. The molecule has 0 unspecified atom stereocenters. The molecule has 0 fully saturated rings. The Hall–Kier alpha value is -2.78. The fraction of sp³-hybridized carbons (Fsp3) is 0.278. The van der Waals surface area contributed by atoms with Crippen LogP contribution in [0.3, 0.4) is 0 Å². The molecule has 28 heavy (non-hydrogen) atoms. The molecule has 152 valence electrons. The highest BCUT2D eigenvalue weighted by Gasteiger charge is 2.71. The predicted octanol–water partition coefficient (Wildman–Crippen LogP) is 5.16. The monoisotopic (exact) mass is 409 g/mol. The predicted molar refractivity (Wildman–Crippen MR) is 84.7 cm³/mol. The lowest BCUT2D eigenvalue weighted by Gasteiger charge is -2.37. The van der Waals surface area contributed by atoms with Gasteiger partial charge in [-0.25, -0.2) is 9.18 Å². The van der Waals surface area contributed by atoms with Gasteiger partial charge in [0.25, 0.3) is 0 Å². The molecule has 0 aliphatic heterocycles. The molecule has 0 spiro atoms. The summed E-state index contributed by atoms with van der Waals surface area (Å²) in [6.45, 7) is -0.636. The summed E-state index contributed by atoms with van der Waals surface area (Å²) in [5.41, 5.74) is -4.64. The van der Waals surface area contributed by atoms with Gasteiger partial charge in [0.15, 0.2) is 0 Å². The Balaban J connectivity index is 2.25. The Morgan fingerprint density at radius 3 is 1.86 bits per heavy atom. The number of halogens is 7. The molecule has 2 aromatic carbocycles. The zero-order valence-electron chi connectivity index (χ0n) is 14.1. The molecule has 0 aromatic heterocycles. The van der Waals surface area contributed by atoms with Crippen molar-refractivity contribution >= 4 is 6.09 Å². The van der Waals surface area contributed by atoms with Crippen LogP contribution in [0.2, 0.25) is 0 Å². The topological polar surface area (TPSA) is 38.3 Å². The van der Waals surface area contributed by atoms with E-state index in [4.69, 9.17) is 0 Å². The van der Waals surface area contributed by atoms with Gasteiger partial charge in [-0.05, 0) is 23.3 Å². The Morgan fingerprint density at radius 1 is 0.821 bits per heavy atom. The maximum atomic E-state index is 13.5. The van der Waals surface area contributed by atoms with E-state index in [1.54, 1.807) is 0 Å². The largest absolute Gasteiger partial charge is 0.445 e. The third-order valence-electron chi connectivity index (χ3n) is 3.88. The van der Waals surface area contributed by atoms with Crippen molar-refractivity contribution in [2.75, 3.05) is 0 Å². The summed E-state index contributed by atoms with van der Waals surface area (Å²) in [4.78, 5) is 11.8. The molecule has 0 atom stereocenters. The highest BCUT2D eigenvalue weighted by atomic mass is 19.4. The van der Waals surface area contributed by atoms with E-state index in [9.17, 15) is 35.5 Å². The van der Waals surface area contributed by atoms with E-state index in [1.165, 1.54) is 30.3 Å². The van der Waals surface area contributed by atoms with Crippen LogP contribution < -0.4 is 5.32 Å². The zero-order valence-corrected chi connectivity index (χ0v) is 14.1. The van der Waals surface area contributed by atoms with Crippen molar-refractivity contribution in [2.24, 2.45) is 0 Å². The molecular formula is C18H14F7NO2. The van der Waals surface area contributed by atoms with Crippen LogP contribution in [0.5, 0.6) is 0 Å². The first-order valence-electron chi connectivity index (χ1n) is 7.81. The molecule has 0 aliphatic rings. The molecule has 3 nitrogen and oxygen atoms in total. The highest BCUT2D eigenvalue weighted by molar-refractivity contribution is 5.69. The number of hydrogen-bond donors (Lipinski definition) is 1. The molecule has 0 bridgehead atoms. The van der Waals surface area contributed by atoms with Crippen LogP contribution in [0.1, 0.15) is 11.1 Å². The number of benzene rings is 2. The van der Waals surface area contributed by atoms with Crippen LogP contribution in [0.15, 0.2) is 54.6 Å². The Kier molecular flexibility index (Phi) is 6.20. The maximum Gasteiger partial charge on any atom is 0.420 e. The zero-order chi connectivity index (χ0) is 21.0. The van der Waals surface area contributed by atoms with Crippen molar-refractivity contribution in [3.8, 4) is 0 Å². The summed E-state index contributed by atoms with van der Waals surface area (Å²) < 4.78 is 98.2. The maximum absolute atomic E-state index is 13.5. The smallest absolute Gasteiger partial charge is 0.420 e. The lowest BCUT2D eigenvalue weighted by atomic mass is 9.89. The van der Waals surface area contributed by atoms with Gasteiger partial charge in [-0.3, -0.25) is 5.32 Å². The van der Waals surface area contributed by atoms with E-state index in [-0.39, 0.29) is 11.1 Å². The van der Waals surface area contributed by atoms with E-state index in [0.717, 1.165) is 29.6 Å². The van der Waals surface area contributed by atoms with Crippen LogP contribution in [0.25, 0.3) is 0 Å². The Labute approximate surface area is 155 Å². The minimum Gasteiger partial charge on any atom is -0.445 e. The van der Waals surface area contributed by atoms with E-state index < -0.39 is 42.8 Å². The third-order valence-corrected chi connectivity index (χ3v) is 3.88. The molecular weight excluding hydrogens is 395 g/mol. The van der Waals surface area contributed by atoms with Gasteiger partial charge in [0, 0.05) is 6.42 Å². The SMILES string of the molecule is O=C(NC(Cc1ccccc1)(C(F)(F)F)C(F)(F)F)OCc1ccc(F)cc1. The number of carbonyl (C=O) groups excluding carboxylic acids is 1. The van der Waals surface area contributed by atoms with Crippen LogP contribution >= 0.6 is 0 Å². The number of amides is 1. The fourth-order valence-corrected chi connectivity index (χ4v) is 2.39. The van der Waals surface area contributed by atoms with Gasteiger partial charge in [0.1, 0.15) is 12.4 Å². The quantitative estimate of drug-likeness (QED) is 0.693. The first-order valence-corrected chi connectivity index (χ1v) is 7.81. The number of rotatable bonds is 5. The molecule has 0 heterocycles. The standard InChI is InChI=1S/C18H14F7NO2/c19-14-8-6-13(7-9-14)11-28-15(27)26-16(17(20,21)22,18(23,24)25)10-12-4-2-1-3-5-12/h1-9H,10-11H2,(H,26,27). The van der Waals surface area contributed by atoms with E-state index in [1.807, 2.05) is 0 Å². The van der Waals surface area contributed by atoms with Crippen molar-refractivity contribution in [3.05, 3.63) is 71.5 Å². The van der Waals surface area contributed by atoms with Crippen molar-refractivity contribution < 1.29 is 40.3 Å². The second-order valence-electron chi connectivity index (χ2n) is 5.89. The van der Waals surface area contributed by atoms with E-state index >= 15 is 0 Å². The van der Waals surface area contributed by atoms with Crippen molar-refractivity contribution in [1.29, 1.82) is 0 Å². The van der Waals surface area contributed by atoms with E-state index in [0.29, 0.717) is 0 Å². The third kappa shape index (κ3) is 4.93. The van der Waals surface area contributed by atoms with Gasteiger partial charge in [-0.1, -0.05) is 42.5 Å². The molecule has 0 saturated carbocycles. The minimum absolute atomic E-state index is 0.184. The van der Waals surface area contributed by atoms with Crippen molar-refractivity contribution in [2.45, 2.75) is 30.9 Å². The average molecular weight is 409 g/mol. The summed E-state index contributed by atoms with van der Waals surface area (Å²) in [6, 6.07) is 10.5. The Bertz CT molecular complexity index is 772. The summed E-state index contributed by atoms with van der Waals surface area (Å²) in [7, 11) is 0. The van der Waals surface area contributed by atoms with Gasteiger partial charge in [0.05, 0.1) is 0 Å². The van der Waals surface area contributed by atoms with Crippen molar-refractivity contribution in [1.82, 2.24) is 5.32 Å². The number of alkyl halides is 6. The van der Waals surface area contributed by atoms with Crippen molar-refractivity contribution in [3.63, 3.8) is 0 Å². The first-order chi connectivity index (χ1) is 12.9. The first kappa shape index (κ1) is 21.5. The molecule has 0 radical (unpaired) electrons. The molecule has 0 saturated heterocycles. The summed E-state index contributed by atoms with van der Waals surface area (Å²) in [5.74, 6) is -0.607. The van der Waals surface area contributed by atoms with Gasteiger partial charge >= 0.3 is 18.4 Å². The highest BCUT2D eigenvalue weighted by Crippen LogP contribution is 2.45. The number of alkyl carbamates (subject to hydrolysis) is 1.